The van der Waals surface area contributed by atoms with E-state index in [9.17, 15) is 13.6 Å². The maximum absolute atomic E-state index is 13.5. The number of anilines is 1. The fourth-order valence-corrected chi connectivity index (χ4v) is 4.13. The molecule has 1 aliphatic heterocycles. The Balaban J connectivity index is 0.00000205. The summed E-state index contributed by atoms with van der Waals surface area (Å²) < 4.78 is 37.7. The Bertz CT molecular complexity index is 1350. The maximum atomic E-state index is 13.5. The highest BCUT2D eigenvalue weighted by atomic mass is 32.1. The van der Waals surface area contributed by atoms with Crippen LogP contribution in [0.25, 0.3) is 5.57 Å². The van der Waals surface area contributed by atoms with Crippen LogP contribution >= 0.6 is 11.3 Å². The lowest BCUT2D eigenvalue weighted by atomic mass is 9.94. The number of carbonyl (C=O) groups excluding carboxylic acids is 1. The fraction of sp³-hybridized carbons (Fsp3) is 0.357. The number of nitrogens with zero attached hydrogens (tertiary/aromatic N) is 2. The first-order valence-electron chi connectivity index (χ1n) is 12.4. The summed E-state index contributed by atoms with van der Waals surface area (Å²) in [4.78, 5) is 22.6. The van der Waals surface area contributed by atoms with Crippen LogP contribution in [0.15, 0.2) is 48.8 Å². The Hall–Kier alpha value is -4.04. The van der Waals surface area contributed by atoms with Gasteiger partial charge in [0.25, 0.3) is 12.3 Å². The number of allylic oxidation sites excluding steroid dienone is 2. The van der Waals surface area contributed by atoms with Crippen LogP contribution in [0.3, 0.4) is 0 Å². The largest absolute Gasteiger partial charge is 0.495 e. The van der Waals surface area contributed by atoms with Gasteiger partial charge in [0.2, 0.25) is 0 Å². The fourth-order valence-electron chi connectivity index (χ4n) is 3.46. The quantitative estimate of drug-likeness (QED) is 0.166. The Morgan fingerprint density at radius 2 is 2.08 bits per heavy atom. The number of rotatable bonds is 8. The van der Waals surface area contributed by atoms with Gasteiger partial charge >= 0.3 is 0 Å². The molecule has 4 rings (SSSR count). The summed E-state index contributed by atoms with van der Waals surface area (Å²) >= 11 is 1.24. The first-order valence-corrected chi connectivity index (χ1v) is 13.2. The van der Waals surface area contributed by atoms with Crippen LogP contribution in [-0.2, 0) is 15.9 Å². The molecule has 39 heavy (non-hydrogen) atoms. The van der Waals surface area contributed by atoms with Crippen molar-refractivity contribution < 1.29 is 23.0 Å². The molecule has 1 aliphatic carbocycles. The molecule has 0 bridgehead atoms. The van der Waals surface area contributed by atoms with Crippen LogP contribution in [0.2, 0.25) is 0 Å². The average molecular weight is 556 g/mol. The molecule has 2 aromatic heterocycles. The van der Waals surface area contributed by atoms with Gasteiger partial charge in [0.15, 0.2) is 11.0 Å². The monoisotopic (exact) mass is 555 g/mol. The predicted octanol–water partition coefficient (Wildman–Crippen LogP) is 5.76. The highest BCUT2D eigenvalue weighted by Crippen LogP contribution is 2.32. The summed E-state index contributed by atoms with van der Waals surface area (Å²) in [6.45, 7) is 9.23. The third-order valence-electron chi connectivity index (χ3n) is 5.35. The van der Waals surface area contributed by atoms with Gasteiger partial charge in [-0.05, 0) is 31.9 Å². The lowest BCUT2D eigenvalue weighted by Crippen LogP contribution is -2.33. The number of halogens is 2. The molecule has 1 amide bonds. The number of pyridine rings is 1. The van der Waals surface area contributed by atoms with E-state index in [2.05, 4.69) is 39.0 Å². The van der Waals surface area contributed by atoms with Crippen molar-refractivity contribution >= 4 is 33.8 Å². The second-order valence-electron chi connectivity index (χ2n) is 8.47. The smallest absolute Gasteiger partial charge is 0.261 e. The van der Waals surface area contributed by atoms with Crippen LogP contribution in [0.4, 0.5) is 13.9 Å². The van der Waals surface area contributed by atoms with Crippen LogP contribution in [0.1, 0.15) is 60.1 Å². The van der Waals surface area contributed by atoms with Gasteiger partial charge in [-0.1, -0.05) is 43.6 Å². The number of methoxy groups -OCH3 is 1. The van der Waals surface area contributed by atoms with Gasteiger partial charge in [0.05, 0.1) is 41.6 Å². The Kier molecular flexibility index (Phi) is 10.3. The highest BCUT2D eigenvalue weighted by Gasteiger charge is 2.27. The van der Waals surface area contributed by atoms with E-state index in [1.165, 1.54) is 36.9 Å². The van der Waals surface area contributed by atoms with Crippen LogP contribution in [-0.4, -0.2) is 41.3 Å². The van der Waals surface area contributed by atoms with Crippen molar-refractivity contribution in [3.8, 4) is 11.8 Å². The number of hydrogen-bond donors (Lipinski definition) is 3. The Morgan fingerprint density at radius 3 is 2.72 bits per heavy atom. The van der Waals surface area contributed by atoms with Gasteiger partial charge in [-0.25, -0.2) is 13.8 Å². The van der Waals surface area contributed by atoms with Gasteiger partial charge in [0.1, 0.15) is 11.8 Å². The van der Waals surface area contributed by atoms with E-state index in [1.807, 2.05) is 13.8 Å². The number of aromatic nitrogens is 2. The van der Waals surface area contributed by atoms with Gasteiger partial charge in [0, 0.05) is 29.5 Å². The first kappa shape index (κ1) is 29.5. The van der Waals surface area contributed by atoms with Gasteiger partial charge in [-0.3, -0.25) is 20.5 Å². The van der Waals surface area contributed by atoms with Crippen LogP contribution < -0.4 is 10.6 Å². The molecule has 3 heterocycles. The van der Waals surface area contributed by atoms with Crippen LogP contribution in [0.5, 0.6) is 0 Å². The van der Waals surface area contributed by atoms with E-state index in [0.29, 0.717) is 33.6 Å². The molecule has 1 fully saturated rings. The number of thiazole rings is 1. The number of alkyl halides is 2. The van der Waals surface area contributed by atoms with E-state index in [4.69, 9.17) is 14.9 Å². The molecule has 0 saturated heterocycles. The third-order valence-corrected chi connectivity index (χ3v) is 6.18. The minimum absolute atomic E-state index is 0.00704. The first-order chi connectivity index (χ1) is 18.7. The van der Waals surface area contributed by atoms with Crippen molar-refractivity contribution in [2.24, 2.45) is 5.92 Å². The van der Waals surface area contributed by atoms with Gasteiger partial charge in [-0.15, -0.1) is 0 Å². The molecule has 2 aromatic rings. The van der Waals surface area contributed by atoms with E-state index in [0.717, 1.165) is 17.7 Å². The molecule has 0 radical (unpaired) electrons. The van der Waals surface area contributed by atoms with E-state index in [-0.39, 0.29) is 23.6 Å². The Labute approximate surface area is 230 Å². The van der Waals surface area contributed by atoms with E-state index < -0.39 is 18.4 Å². The molecule has 2 aliphatic rings. The third kappa shape index (κ3) is 8.22. The molecule has 0 aromatic carbocycles. The van der Waals surface area contributed by atoms with E-state index in [1.54, 1.807) is 19.2 Å². The van der Waals surface area contributed by atoms with Crippen molar-refractivity contribution in [2.75, 3.05) is 12.4 Å². The number of carbonyl (C=O) groups is 1. The van der Waals surface area contributed by atoms with Crippen molar-refractivity contribution in [1.82, 2.24) is 15.3 Å². The summed E-state index contributed by atoms with van der Waals surface area (Å²) in [6, 6.07) is 0.282. The number of ether oxygens (including phenoxy) is 2. The summed E-state index contributed by atoms with van der Waals surface area (Å²) in [5, 5.41) is 13.7. The van der Waals surface area contributed by atoms with Crippen LogP contribution in [0, 0.1) is 23.2 Å². The minimum Gasteiger partial charge on any atom is -0.495 e. The minimum atomic E-state index is -2.69. The topological polar surface area (TPSA) is 109 Å². The molecule has 11 heteroatoms. The Morgan fingerprint density at radius 1 is 1.33 bits per heavy atom. The molecule has 1 atom stereocenters. The van der Waals surface area contributed by atoms with Crippen molar-refractivity contribution in [3.05, 3.63) is 70.5 Å². The maximum Gasteiger partial charge on any atom is 0.261 e. The summed E-state index contributed by atoms with van der Waals surface area (Å²) in [7, 11) is 1.40. The highest BCUT2D eigenvalue weighted by molar-refractivity contribution is 7.16. The second-order valence-corrected chi connectivity index (χ2v) is 9.50. The molecular weight excluding hydrogens is 524 g/mol. The molecule has 0 spiro atoms. The normalized spacial score (nSPS) is 15.8. The molecule has 8 nitrogen and oxygen atoms in total. The summed E-state index contributed by atoms with van der Waals surface area (Å²) in [6.07, 6.45) is 5.11. The van der Waals surface area contributed by atoms with Crippen molar-refractivity contribution in [3.63, 3.8) is 0 Å². The lowest BCUT2D eigenvalue weighted by molar-refractivity contribution is 0.102. The molecule has 206 valence electrons. The second kappa shape index (κ2) is 13.7. The molecule has 3 N–H and O–H groups in total. The average Bonchev–Trinajstić information content (AvgIpc) is 3.64. The zero-order valence-corrected chi connectivity index (χ0v) is 23.0. The van der Waals surface area contributed by atoms with E-state index >= 15 is 0 Å². The molecular formula is C28H31F2N5O3S. The van der Waals surface area contributed by atoms with Gasteiger partial charge in [-0.2, -0.15) is 0 Å². The molecule has 1 saturated carbocycles. The standard InChI is InChI=1S/C26H25F2N5O3S.C2H6/c1-14(2)36-23(29)9-16-8-18(19-10-21(24(27)28)31-13-22(19)35-3)20(12-30-16)25(34)33-26-32-11-17(37-26)7-6-15-4-5-15;1-2/h8,10-13,15,21,24,29,31H,1,4-5,9H2,2-3H3,(H,32,33,34);1-2H3. The molecule has 1 unspecified atom stereocenters. The van der Waals surface area contributed by atoms with Crippen molar-refractivity contribution in [2.45, 2.75) is 52.5 Å². The number of hydrogen-bond acceptors (Lipinski definition) is 8. The number of nitrogens with one attached hydrogen (secondary N) is 3. The SMILES string of the molecule is C=C(C)OC(=N)Cc1cc(C2=CC(C(F)F)NC=C2OC)c(C(=O)Nc2ncc(C#CC3CC3)s2)cn1.CC. The predicted molar refractivity (Wildman–Crippen MR) is 149 cm³/mol. The number of amides is 1. The summed E-state index contributed by atoms with van der Waals surface area (Å²) in [5.41, 5.74) is 1.13. The van der Waals surface area contributed by atoms with Crippen molar-refractivity contribution in [1.29, 1.82) is 5.41 Å². The zero-order valence-electron chi connectivity index (χ0n) is 22.2. The number of dihydropyridines is 1. The summed E-state index contributed by atoms with van der Waals surface area (Å²) in [5.74, 6) is 6.64. The van der Waals surface area contributed by atoms with Gasteiger partial charge < -0.3 is 14.8 Å². The zero-order chi connectivity index (χ0) is 28.5. The lowest BCUT2D eigenvalue weighted by Gasteiger charge is -2.24.